The van der Waals surface area contributed by atoms with Gasteiger partial charge >= 0.3 is 5.97 Å². The van der Waals surface area contributed by atoms with Gasteiger partial charge in [0.05, 0.1) is 24.8 Å². The molecule has 3 rings (SSSR count). The van der Waals surface area contributed by atoms with E-state index in [1.165, 1.54) is 6.92 Å². The molecule has 158 valence electrons. The Kier molecular flexibility index (Phi) is 6.74. The highest BCUT2D eigenvalue weighted by Crippen LogP contribution is 2.37. The van der Waals surface area contributed by atoms with Crippen molar-refractivity contribution < 1.29 is 28.6 Å². The summed E-state index contributed by atoms with van der Waals surface area (Å²) in [5.74, 6) is 0.483. The van der Waals surface area contributed by atoms with Crippen LogP contribution in [0.4, 0.5) is 5.69 Å². The zero-order valence-corrected chi connectivity index (χ0v) is 17.2. The van der Waals surface area contributed by atoms with E-state index < -0.39 is 0 Å². The van der Waals surface area contributed by atoms with Gasteiger partial charge in [-0.1, -0.05) is 0 Å². The lowest BCUT2D eigenvalue weighted by atomic mass is 9.85. The number of Topliss-reactive ketones (excluding diaryl/α,β-unsaturated/α-hetero) is 1. The summed E-state index contributed by atoms with van der Waals surface area (Å²) in [6.45, 7) is 3.96. The number of ether oxygens (including phenoxy) is 3. The third-order valence-corrected chi connectivity index (χ3v) is 5.50. The molecule has 1 saturated carbocycles. The van der Waals surface area contributed by atoms with E-state index >= 15 is 0 Å². The van der Waals surface area contributed by atoms with Crippen LogP contribution in [-0.2, 0) is 14.3 Å². The zero-order chi connectivity index (χ0) is 21.0. The van der Waals surface area contributed by atoms with Crippen molar-refractivity contribution in [3.63, 3.8) is 0 Å². The molecule has 0 saturated heterocycles. The number of anilines is 1. The summed E-state index contributed by atoms with van der Waals surface area (Å²) in [6.07, 6.45) is 3.23. The van der Waals surface area contributed by atoms with Crippen molar-refractivity contribution in [2.45, 2.75) is 45.6 Å². The van der Waals surface area contributed by atoms with Crippen molar-refractivity contribution in [1.29, 1.82) is 0 Å². The van der Waals surface area contributed by atoms with Gasteiger partial charge in [-0.15, -0.1) is 0 Å². The molecule has 8 heteroatoms. The Morgan fingerprint density at radius 1 is 1.14 bits per heavy atom. The van der Waals surface area contributed by atoms with Crippen LogP contribution in [0.5, 0.6) is 11.5 Å². The number of rotatable bonds is 7. The quantitative estimate of drug-likeness (QED) is 0.551. The largest absolute Gasteiger partial charge is 0.466 e. The van der Waals surface area contributed by atoms with Gasteiger partial charge in [0.15, 0.2) is 17.3 Å². The second-order valence-electron chi connectivity index (χ2n) is 7.53. The molecule has 1 aromatic carbocycles. The minimum Gasteiger partial charge on any atom is -0.466 e. The highest BCUT2D eigenvalue weighted by Gasteiger charge is 2.30. The van der Waals surface area contributed by atoms with Gasteiger partial charge in [-0.05, 0) is 52.6 Å². The topological polar surface area (TPSA) is 94.2 Å². The van der Waals surface area contributed by atoms with Gasteiger partial charge in [-0.3, -0.25) is 19.3 Å². The molecule has 0 radical (unpaired) electrons. The number of esters is 1. The van der Waals surface area contributed by atoms with Crippen LogP contribution in [-0.4, -0.2) is 55.6 Å². The van der Waals surface area contributed by atoms with Crippen LogP contribution in [0.3, 0.4) is 0 Å². The van der Waals surface area contributed by atoms with E-state index in [0.717, 1.165) is 25.7 Å². The summed E-state index contributed by atoms with van der Waals surface area (Å²) in [5.41, 5.74) is 0.811. The molecule has 1 heterocycles. The molecule has 8 nitrogen and oxygen atoms in total. The Balaban J connectivity index is 1.56. The normalized spacial score (nSPS) is 20.4. The van der Waals surface area contributed by atoms with Crippen LogP contribution in [0.15, 0.2) is 12.1 Å². The third kappa shape index (κ3) is 5.06. The minimum atomic E-state index is -0.207. The molecule has 1 aliphatic carbocycles. The number of nitrogens with zero attached hydrogens (tertiary/aromatic N) is 1. The molecule has 0 bridgehead atoms. The second-order valence-corrected chi connectivity index (χ2v) is 7.53. The van der Waals surface area contributed by atoms with E-state index in [4.69, 9.17) is 14.2 Å². The molecule has 1 fully saturated rings. The fourth-order valence-electron chi connectivity index (χ4n) is 3.89. The zero-order valence-electron chi connectivity index (χ0n) is 17.2. The fourth-order valence-corrected chi connectivity index (χ4v) is 3.89. The summed E-state index contributed by atoms with van der Waals surface area (Å²) in [5, 5.41) is 2.82. The number of fused-ring (bicyclic) bond motifs is 1. The van der Waals surface area contributed by atoms with Gasteiger partial charge in [0.2, 0.25) is 12.7 Å². The lowest BCUT2D eigenvalue weighted by Gasteiger charge is -2.33. The lowest BCUT2D eigenvalue weighted by molar-refractivity contribution is -0.149. The highest BCUT2D eigenvalue weighted by molar-refractivity contribution is 6.05. The Bertz CT molecular complexity index is 786. The first-order chi connectivity index (χ1) is 13.9. The molecule has 0 aromatic heterocycles. The van der Waals surface area contributed by atoms with Crippen LogP contribution < -0.4 is 14.8 Å². The van der Waals surface area contributed by atoms with Crippen LogP contribution in [0.25, 0.3) is 0 Å². The first kappa shape index (κ1) is 21.1. The minimum absolute atomic E-state index is 0.0415. The highest BCUT2D eigenvalue weighted by atomic mass is 16.7. The van der Waals surface area contributed by atoms with Crippen LogP contribution in [0, 0.1) is 5.92 Å². The molecule has 1 aromatic rings. The number of carbonyl (C=O) groups is 3. The summed E-state index contributed by atoms with van der Waals surface area (Å²) in [7, 11) is 1.90. The van der Waals surface area contributed by atoms with E-state index in [0.29, 0.717) is 29.4 Å². The number of benzene rings is 1. The van der Waals surface area contributed by atoms with Crippen molar-refractivity contribution in [1.82, 2.24) is 4.90 Å². The van der Waals surface area contributed by atoms with Crippen LogP contribution in [0.2, 0.25) is 0 Å². The van der Waals surface area contributed by atoms with Crippen molar-refractivity contribution >= 4 is 23.3 Å². The van der Waals surface area contributed by atoms with E-state index in [1.54, 1.807) is 12.1 Å². The summed E-state index contributed by atoms with van der Waals surface area (Å²) >= 11 is 0. The third-order valence-electron chi connectivity index (χ3n) is 5.50. The fraction of sp³-hybridized carbons (Fsp3) is 0.571. The Labute approximate surface area is 170 Å². The number of amides is 1. The molecule has 1 aliphatic heterocycles. The molecule has 2 aliphatic rings. The average Bonchev–Trinajstić information content (AvgIpc) is 3.14. The number of ketones is 1. The first-order valence-electron chi connectivity index (χ1n) is 10.00. The summed E-state index contributed by atoms with van der Waals surface area (Å²) in [6, 6.07) is 3.46. The molecule has 0 unspecified atom stereocenters. The van der Waals surface area contributed by atoms with E-state index in [2.05, 4.69) is 5.32 Å². The Morgan fingerprint density at radius 2 is 1.79 bits per heavy atom. The molecular formula is C21H28N2O6. The molecular weight excluding hydrogens is 376 g/mol. The number of carbonyl (C=O) groups excluding carboxylic acids is 3. The Hall–Kier alpha value is -2.61. The standard InChI is InChI=1S/C21H28N2O6/c1-4-27-21(26)14-5-7-15(8-6-14)23(3)11-20(25)22-17-10-19-18(28-12-29-19)9-16(17)13(2)24/h9-10,14-15H,4-8,11-12H2,1-3H3,(H,22,25). The van der Waals surface area contributed by atoms with Gasteiger partial charge in [-0.25, -0.2) is 0 Å². The maximum atomic E-state index is 12.6. The summed E-state index contributed by atoms with van der Waals surface area (Å²) < 4.78 is 15.8. The molecule has 1 amide bonds. The van der Waals surface area contributed by atoms with E-state index in [1.807, 2.05) is 18.9 Å². The predicted molar refractivity (Wildman–Crippen MR) is 106 cm³/mol. The monoisotopic (exact) mass is 404 g/mol. The maximum absolute atomic E-state index is 12.6. The van der Waals surface area contributed by atoms with Gasteiger partial charge in [-0.2, -0.15) is 0 Å². The number of hydrogen-bond donors (Lipinski definition) is 1. The average molecular weight is 404 g/mol. The van der Waals surface area contributed by atoms with Crippen molar-refractivity contribution in [2.24, 2.45) is 5.92 Å². The lowest BCUT2D eigenvalue weighted by Crippen LogP contribution is -2.41. The Morgan fingerprint density at radius 3 is 2.41 bits per heavy atom. The second kappa shape index (κ2) is 9.26. The molecule has 0 spiro atoms. The van der Waals surface area contributed by atoms with Crippen LogP contribution in [0.1, 0.15) is 49.9 Å². The number of nitrogens with one attached hydrogen (secondary N) is 1. The van der Waals surface area contributed by atoms with Crippen LogP contribution >= 0.6 is 0 Å². The summed E-state index contributed by atoms with van der Waals surface area (Å²) in [4.78, 5) is 38.4. The van der Waals surface area contributed by atoms with Gasteiger partial charge in [0, 0.05) is 17.7 Å². The SMILES string of the molecule is CCOC(=O)C1CCC(N(C)CC(=O)Nc2cc3c(cc2C(C)=O)OCO3)CC1. The molecule has 0 atom stereocenters. The van der Waals surface area contributed by atoms with Crippen molar-refractivity contribution in [3.05, 3.63) is 17.7 Å². The molecule has 1 N–H and O–H groups in total. The molecule has 29 heavy (non-hydrogen) atoms. The first-order valence-corrected chi connectivity index (χ1v) is 10.00. The van der Waals surface area contributed by atoms with Gasteiger partial charge in [0.1, 0.15) is 0 Å². The number of likely N-dealkylation sites (N-methyl/N-ethyl adjacent to an activating group) is 1. The predicted octanol–water partition coefficient (Wildman–Crippen LogP) is 2.61. The van der Waals surface area contributed by atoms with E-state index in [9.17, 15) is 14.4 Å². The number of hydrogen-bond acceptors (Lipinski definition) is 7. The van der Waals surface area contributed by atoms with Gasteiger partial charge in [0.25, 0.3) is 0 Å². The smallest absolute Gasteiger partial charge is 0.308 e. The van der Waals surface area contributed by atoms with Crippen molar-refractivity contribution in [3.8, 4) is 11.5 Å². The maximum Gasteiger partial charge on any atom is 0.308 e. The van der Waals surface area contributed by atoms with Gasteiger partial charge < -0.3 is 19.5 Å². The van der Waals surface area contributed by atoms with Crippen molar-refractivity contribution in [2.75, 3.05) is 32.3 Å². The van der Waals surface area contributed by atoms with E-state index in [-0.39, 0.29) is 43.0 Å².